The minimum Gasteiger partial charge on any atom is -0.456 e. The van der Waals surface area contributed by atoms with Crippen LogP contribution in [0.25, 0.3) is 104 Å². The molecular formula is C44H25N3O. The molecule has 3 aromatic heterocycles. The van der Waals surface area contributed by atoms with Crippen molar-refractivity contribution in [2.45, 2.75) is 0 Å². The predicted octanol–water partition coefficient (Wildman–Crippen LogP) is 11.8. The van der Waals surface area contributed by atoms with E-state index in [1.807, 2.05) is 18.2 Å². The molecule has 0 fully saturated rings. The second-order valence-corrected chi connectivity index (χ2v) is 12.6. The smallest absolute Gasteiger partial charge is 0.235 e. The number of furan rings is 1. The van der Waals surface area contributed by atoms with Crippen LogP contribution in [0.15, 0.2) is 156 Å². The van der Waals surface area contributed by atoms with Crippen molar-refractivity contribution in [2.75, 3.05) is 0 Å². The van der Waals surface area contributed by atoms with Gasteiger partial charge in [0.05, 0.1) is 22.2 Å². The minimum atomic E-state index is 0.644. The van der Waals surface area contributed by atoms with Crippen molar-refractivity contribution < 1.29 is 4.42 Å². The van der Waals surface area contributed by atoms with Crippen LogP contribution in [0.2, 0.25) is 0 Å². The summed E-state index contributed by atoms with van der Waals surface area (Å²) < 4.78 is 8.52. The summed E-state index contributed by atoms with van der Waals surface area (Å²) in [5.41, 5.74) is 6.65. The molecule has 0 spiro atoms. The van der Waals surface area contributed by atoms with Gasteiger partial charge in [0.1, 0.15) is 11.2 Å². The molecule has 4 heteroatoms. The molecule has 0 saturated heterocycles. The largest absolute Gasteiger partial charge is 0.456 e. The maximum absolute atomic E-state index is 6.29. The number of fused-ring (bicyclic) bond motifs is 13. The second-order valence-electron chi connectivity index (χ2n) is 12.6. The number of rotatable bonds is 2. The molecule has 48 heavy (non-hydrogen) atoms. The van der Waals surface area contributed by atoms with Crippen molar-refractivity contribution in [3.63, 3.8) is 0 Å². The van der Waals surface area contributed by atoms with Crippen molar-refractivity contribution in [1.82, 2.24) is 14.5 Å². The van der Waals surface area contributed by atoms with Crippen molar-refractivity contribution in [3.8, 4) is 17.2 Å². The third kappa shape index (κ3) is 3.49. The van der Waals surface area contributed by atoms with E-state index in [4.69, 9.17) is 14.4 Å². The van der Waals surface area contributed by atoms with E-state index >= 15 is 0 Å². The molecule has 0 amide bonds. The molecule has 11 rings (SSSR count). The highest BCUT2D eigenvalue weighted by atomic mass is 16.3. The van der Waals surface area contributed by atoms with E-state index in [-0.39, 0.29) is 0 Å². The lowest BCUT2D eigenvalue weighted by Gasteiger charge is -2.12. The van der Waals surface area contributed by atoms with Crippen molar-refractivity contribution in [2.24, 2.45) is 0 Å². The number of benzene rings is 8. The molecule has 8 aromatic carbocycles. The number of nitrogens with zero attached hydrogens (tertiary/aromatic N) is 3. The molecule has 11 aromatic rings. The van der Waals surface area contributed by atoms with E-state index in [1.54, 1.807) is 0 Å². The Bertz CT molecular complexity index is 3130. The average Bonchev–Trinajstić information content (AvgIpc) is 3.69. The highest BCUT2D eigenvalue weighted by Crippen LogP contribution is 2.41. The summed E-state index contributed by atoms with van der Waals surface area (Å²) in [5.74, 6) is 0.644. The van der Waals surface area contributed by atoms with E-state index in [9.17, 15) is 0 Å². The number of aromatic nitrogens is 3. The molecule has 0 radical (unpaired) electrons. The summed E-state index contributed by atoms with van der Waals surface area (Å²) in [4.78, 5) is 10.6. The lowest BCUT2D eigenvalue weighted by atomic mass is 9.94. The first-order chi connectivity index (χ1) is 23.8. The van der Waals surface area contributed by atoms with Crippen LogP contribution in [-0.2, 0) is 0 Å². The van der Waals surface area contributed by atoms with Gasteiger partial charge in [-0.15, -0.1) is 0 Å². The Morgan fingerprint density at radius 2 is 1.08 bits per heavy atom. The van der Waals surface area contributed by atoms with Crippen molar-refractivity contribution in [1.29, 1.82) is 0 Å². The fraction of sp³-hybridized carbons (Fsp3) is 0. The molecular weight excluding hydrogens is 587 g/mol. The van der Waals surface area contributed by atoms with Gasteiger partial charge in [0.2, 0.25) is 5.95 Å². The summed E-state index contributed by atoms with van der Waals surface area (Å²) in [5, 5.41) is 13.1. The fourth-order valence-electron chi connectivity index (χ4n) is 7.85. The summed E-state index contributed by atoms with van der Waals surface area (Å²) in [7, 11) is 0. The summed E-state index contributed by atoms with van der Waals surface area (Å²) in [6, 6.07) is 53.7. The van der Waals surface area contributed by atoms with Crippen LogP contribution in [0.5, 0.6) is 0 Å². The van der Waals surface area contributed by atoms with Crippen LogP contribution in [0.4, 0.5) is 0 Å². The van der Waals surface area contributed by atoms with Crippen LogP contribution in [0.3, 0.4) is 0 Å². The third-order valence-electron chi connectivity index (χ3n) is 9.98. The van der Waals surface area contributed by atoms with Gasteiger partial charge < -0.3 is 4.42 Å². The standard InChI is InChI=1S/C44H25N3O/c1-2-10-29-26(9-1)17-18-27-19-22-33-32(41(27)29)23-24-38-42(33)35-13-4-7-15-37(35)47(38)44-45-36-14-6-3-12-34(36)43(46-44)28-20-21-31-30-11-5-8-16-39(30)48-40(31)25-28/h1-25H. The van der Waals surface area contributed by atoms with Gasteiger partial charge in [-0.3, -0.25) is 4.57 Å². The molecule has 0 bridgehead atoms. The molecule has 0 atom stereocenters. The first-order valence-corrected chi connectivity index (χ1v) is 16.3. The van der Waals surface area contributed by atoms with Crippen LogP contribution in [-0.4, -0.2) is 14.5 Å². The summed E-state index contributed by atoms with van der Waals surface area (Å²) in [6.45, 7) is 0. The maximum atomic E-state index is 6.29. The van der Waals surface area contributed by atoms with Crippen LogP contribution in [0, 0.1) is 0 Å². The zero-order valence-electron chi connectivity index (χ0n) is 25.7. The molecule has 0 aliphatic carbocycles. The van der Waals surface area contributed by atoms with Gasteiger partial charge in [-0.25, -0.2) is 9.97 Å². The van der Waals surface area contributed by atoms with E-state index < -0.39 is 0 Å². The topological polar surface area (TPSA) is 43.9 Å². The van der Waals surface area contributed by atoms with Crippen LogP contribution >= 0.6 is 0 Å². The Labute approximate surface area is 274 Å². The zero-order chi connectivity index (χ0) is 31.3. The number of hydrogen-bond acceptors (Lipinski definition) is 3. The van der Waals surface area contributed by atoms with Gasteiger partial charge in [-0.1, -0.05) is 115 Å². The SMILES string of the molecule is c1ccc2c(c1)ccc1ccc3c(ccc4c3c3ccccc3n4-c3nc(-c4ccc5c(c4)oc4ccccc45)c4ccccc4n3)c12. The van der Waals surface area contributed by atoms with Gasteiger partial charge in [-0.2, -0.15) is 0 Å². The Morgan fingerprint density at radius 3 is 2.02 bits per heavy atom. The van der Waals surface area contributed by atoms with E-state index in [0.29, 0.717) is 5.95 Å². The van der Waals surface area contributed by atoms with Gasteiger partial charge >= 0.3 is 0 Å². The number of para-hydroxylation sites is 3. The van der Waals surface area contributed by atoms with Gasteiger partial charge in [0.15, 0.2) is 0 Å². The first-order valence-electron chi connectivity index (χ1n) is 16.3. The highest BCUT2D eigenvalue weighted by Gasteiger charge is 2.20. The normalized spacial score (nSPS) is 12.2. The second kappa shape index (κ2) is 9.50. The molecule has 0 aliphatic rings. The highest BCUT2D eigenvalue weighted by molar-refractivity contribution is 6.29. The third-order valence-corrected chi connectivity index (χ3v) is 9.98. The van der Waals surface area contributed by atoms with Crippen molar-refractivity contribution in [3.05, 3.63) is 152 Å². The molecule has 0 saturated carbocycles. The van der Waals surface area contributed by atoms with Gasteiger partial charge in [0, 0.05) is 32.5 Å². The maximum Gasteiger partial charge on any atom is 0.235 e. The molecule has 0 aliphatic heterocycles. The average molecular weight is 612 g/mol. The molecule has 3 heterocycles. The lowest BCUT2D eigenvalue weighted by Crippen LogP contribution is -2.03. The lowest BCUT2D eigenvalue weighted by molar-refractivity contribution is 0.669. The van der Waals surface area contributed by atoms with Gasteiger partial charge in [-0.05, 0) is 68.7 Å². The minimum absolute atomic E-state index is 0.644. The predicted molar refractivity (Wildman–Crippen MR) is 199 cm³/mol. The van der Waals surface area contributed by atoms with Crippen LogP contribution < -0.4 is 0 Å². The quantitative estimate of drug-likeness (QED) is 0.183. The number of hydrogen-bond donors (Lipinski definition) is 0. The first kappa shape index (κ1) is 25.6. The van der Waals surface area contributed by atoms with E-state index in [1.165, 1.54) is 43.1 Å². The Balaban J connectivity index is 1.22. The molecule has 0 N–H and O–H groups in total. The Hall–Kier alpha value is -6.52. The zero-order valence-corrected chi connectivity index (χ0v) is 25.7. The monoisotopic (exact) mass is 611 g/mol. The molecule has 4 nitrogen and oxygen atoms in total. The summed E-state index contributed by atoms with van der Waals surface area (Å²) in [6.07, 6.45) is 0. The Morgan fingerprint density at radius 1 is 0.417 bits per heavy atom. The van der Waals surface area contributed by atoms with E-state index in [2.05, 4.69) is 138 Å². The summed E-state index contributed by atoms with van der Waals surface area (Å²) >= 11 is 0. The molecule has 222 valence electrons. The molecule has 0 unspecified atom stereocenters. The Kier molecular flexibility index (Phi) is 5.08. The van der Waals surface area contributed by atoms with Crippen LogP contribution in [0.1, 0.15) is 0 Å². The fourth-order valence-corrected chi connectivity index (χ4v) is 7.85. The van der Waals surface area contributed by atoms with E-state index in [0.717, 1.165) is 55.1 Å². The van der Waals surface area contributed by atoms with Crippen molar-refractivity contribution >= 4 is 87.0 Å². The van der Waals surface area contributed by atoms with Gasteiger partial charge in [0.25, 0.3) is 0 Å².